The average Bonchev–Trinajstić information content (AvgIpc) is 2.94. The van der Waals surface area contributed by atoms with Crippen molar-refractivity contribution in [1.82, 2.24) is 8.96 Å². The zero-order valence-electron chi connectivity index (χ0n) is 13.2. The van der Waals surface area contributed by atoms with Gasteiger partial charge >= 0.3 is 0 Å². The van der Waals surface area contributed by atoms with E-state index >= 15 is 0 Å². The molecule has 0 aliphatic heterocycles. The highest BCUT2D eigenvalue weighted by Crippen LogP contribution is 2.33. The summed E-state index contributed by atoms with van der Waals surface area (Å²) in [5, 5.41) is 0.480. The number of fused-ring (bicyclic) bond motifs is 3. The molecule has 0 bridgehead atoms. The van der Waals surface area contributed by atoms with Gasteiger partial charge in [-0.3, -0.25) is 4.79 Å². The average molecular weight is 360 g/mol. The fourth-order valence-electron chi connectivity index (χ4n) is 3.13. The minimum absolute atomic E-state index is 0.0976. The number of nitrogens with zero attached hydrogens (tertiary/aromatic N) is 2. The normalized spacial score (nSPS) is 14.7. The second kappa shape index (κ2) is 5.53. The number of aryl methyl sites for hydroxylation is 3. The quantitative estimate of drug-likeness (QED) is 0.705. The number of hydrogen-bond acceptors (Lipinski definition) is 5. The third kappa shape index (κ3) is 2.31. The summed E-state index contributed by atoms with van der Waals surface area (Å²) in [7, 11) is -3.94. The Labute approximate surface area is 143 Å². The molecule has 7 heteroatoms. The Hall–Kier alpha value is -1.99. The number of hydrogen-bond donors (Lipinski definition) is 0. The van der Waals surface area contributed by atoms with Gasteiger partial charge in [-0.2, -0.15) is 3.97 Å². The molecule has 3 aromatic rings. The summed E-state index contributed by atoms with van der Waals surface area (Å²) < 4.78 is 26.4. The monoisotopic (exact) mass is 360 g/mol. The first-order valence-electron chi connectivity index (χ1n) is 7.82. The zero-order valence-corrected chi connectivity index (χ0v) is 14.8. The van der Waals surface area contributed by atoms with Crippen LogP contribution in [-0.4, -0.2) is 17.4 Å². The summed E-state index contributed by atoms with van der Waals surface area (Å²) in [6, 6.07) is 6.47. The molecular weight excluding hydrogens is 344 g/mol. The van der Waals surface area contributed by atoms with E-state index < -0.39 is 15.6 Å². The number of rotatable bonds is 2. The molecule has 0 fully saturated rings. The van der Waals surface area contributed by atoms with Crippen molar-refractivity contribution >= 4 is 31.6 Å². The highest BCUT2D eigenvalue weighted by molar-refractivity contribution is 7.90. The van der Waals surface area contributed by atoms with Gasteiger partial charge in [-0.15, -0.1) is 11.3 Å². The van der Waals surface area contributed by atoms with Crippen LogP contribution in [0.5, 0.6) is 0 Å². The molecule has 124 valence electrons. The molecular formula is C17H16N2O3S2. The Morgan fingerprint density at radius 2 is 1.83 bits per heavy atom. The van der Waals surface area contributed by atoms with Gasteiger partial charge in [-0.05, 0) is 50.3 Å². The molecule has 0 N–H and O–H groups in total. The molecule has 0 unspecified atom stereocenters. The maximum Gasteiger partial charge on any atom is 0.276 e. The van der Waals surface area contributed by atoms with Gasteiger partial charge in [0.05, 0.1) is 10.3 Å². The summed E-state index contributed by atoms with van der Waals surface area (Å²) in [6.45, 7) is 1.88. The topological polar surface area (TPSA) is 69.0 Å². The Morgan fingerprint density at radius 3 is 2.58 bits per heavy atom. The molecule has 1 aromatic carbocycles. The molecule has 0 saturated carbocycles. The molecule has 4 rings (SSSR count). The fraction of sp³-hybridized carbons (Fsp3) is 0.294. The molecule has 0 amide bonds. The Bertz CT molecular complexity index is 1090. The van der Waals surface area contributed by atoms with Gasteiger partial charge in [0.1, 0.15) is 11.2 Å². The van der Waals surface area contributed by atoms with Crippen LogP contribution in [0.15, 0.2) is 40.3 Å². The lowest BCUT2D eigenvalue weighted by Gasteiger charge is -2.11. The fourth-order valence-corrected chi connectivity index (χ4v) is 5.53. The van der Waals surface area contributed by atoms with Crippen molar-refractivity contribution in [1.29, 1.82) is 0 Å². The smallest absolute Gasteiger partial charge is 0.267 e. The number of aromatic nitrogens is 2. The van der Waals surface area contributed by atoms with E-state index in [1.807, 2.05) is 6.92 Å². The molecule has 2 heterocycles. The van der Waals surface area contributed by atoms with Crippen LogP contribution in [0.2, 0.25) is 0 Å². The van der Waals surface area contributed by atoms with Crippen molar-refractivity contribution in [2.75, 3.05) is 0 Å². The van der Waals surface area contributed by atoms with Gasteiger partial charge in [-0.25, -0.2) is 13.4 Å². The molecule has 24 heavy (non-hydrogen) atoms. The van der Waals surface area contributed by atoms with Crippen LogP contribution in [0.25, 0.3) is 10.2 Å². The zero-order chi connectivity index (χ0) is 16.9. The predicted molar refractivity (Wildman–Crippen MR) is 94.3 cm³/mol. The summed E-state index contributed by atoms with van der Waals surface area (Å²) in [5.74, 6) is 0. The summed E-state index contributed by atoms with van der Waals surface area (Å²) in [4.78, 5) is 19.1. The Balaban J connectivity index is 1.96. The van der Waals surface area contributed by atoms with Gasteiger partial charge in [0.2, 0.25) is 0 Å². The highest BCUT2D eigenvalue weighted by Gasteiger charge is 2.24. The molecule has 0 spiro atoms. The van der Waals surface area contributed by atoms with Crippen LogP contribution >= 0.6 is 11.3 Å². The van der Waals surface area contributed by atoms with Crippen LogP contribution in [0.4, 0.5) is 0 Å². The minimum atomic E-state index is -3.94. The molecule has 1 aliphatic carbocycles. The van der Waals surface area contributed by atoms with E-state index in [0.717, 1.165) is 47.1 Å². The van der Waals surface area contributed by atoms with E-state index in [1.54, 1.807) is 12.1 Å². The van der Waals surface area contributed by atoms with Gasteiger partial charge in [-0.1, -0.05) is 17.7 Å². The van der Waals surface area contributed by atoms with Crippen molar-refractivity contribution in [3.63, 3.8) is 0 Å². The first kappa shape index (κ1) is 15.5. The maximum absolute atomic E-state index is 12.9. The van der Waals surface area contributed by atoms with Crippen molar-refractivity contribution in [2.45, 2.75) is 37.5 Å². The molecule has 2 aromatic heterocycles. The highest BCUT2D eigenvalue weighted by atomic mass is 32.2. The van der Waals surface area contributed by atoms with E-state index in [4.69, 9.17) is 0 Å². The molecule has 0 radical (unpaired) electrons. The van der Waals surface area contributed by atoms with Crippen molar-refractivity contribution in [3.05, 3.63) is 57.0 Å². The van der Waals surface area contributed by atoms with Gasteiger partial charge in [0, 0.05) is 4.88 Å². The second-order valence-electron chi connectivity index (χ2n) is 6.05. The third-order valence-electron chi connectivity index (χ3n) is 4.42. The SMILES string of the molecule is Cc1ccc(S(=O)(=O)n2cnc3sc4c(c3c2=O)CCCC4)cc1. The Morgan fingerprint density at radius 1 is 1.12 bits per heavy atom. The Kier molecular flexibility index (Phi) is 3.58. The van der Waals surface area contributed by atoms with Crippen LogP contribution in [-0.2, 0) is 22.9 Å². The van der Waals surface area contributed by atoms with Gasteiger partial charge < -0.3 is 0 Å². The van der Waals surface area contributed by atoms with Gasteiger partial charge in [0.15, 0.2) is 0 Å². The van der Waals surface area contributed by atoms with Gasteiger partial charge in [0.25, 0.3) is 15.6 Å². The lowest BCUT2D eigenvalue weighted by Crippen LogP contribution is -2.28. The van der Waals surface area contributed by atoms with E-state index in [9.17, 15) is 13.2 Å². The minimum Gasteiger partial charge on any atom is -0.267 e. The van der Waals surface area contributed by atoms with E-state index in [1.165, 1.54) is 28.3 Å². The standard InChI is InChI=1S/C17H16N2O3S2/c1-11-6-8-12(9-7-11)24(21,22)19-10-18-16-15(17(19)20)13-4-2-3-5-14(13)23-16/h6-10H,2-5H2,1H3. The van der Waals surface area contributed by atoms with Crippen LogP contribution in [0.1, 0.15) is 28.8 Å². The second-order valence-corrected chi connectivity index (χ2v) is 8.95. The van der Waals surface area contributed by atoms with Crippen LogP contribution < -0.4 is 5.56 Å². The van der Waals surface area contributed by atoms with E-state index in [0.29, 0.717) is 10.2 Å². The number of thiophene rings is 1. The van der Waals surface area contributed by atoms with Crippen LogP contribution in [0.3, 0.4) is 0 Å². The molecule has 1 aliphatic rings. The summed E-state index contributed by atoms with van der Waals surface area (Å²) in [5.41, 5.74) is 1.47. The van der Waals surface area contributed by atoms with Crippen LogP contribution in [0, 0.1) is 6.92 Å². The largest absolute Gasteiger partial charge is 0.276 e. The van der Waals surface area contributed by atoms with Crippen molar-refractivity contribution in [3.8, 4) is 0 Å². The lowest BCUT2D eigenvalue weighted by atomic mass is 9.97. The molecule has 0 atom stereocenters. The van der Waals surface area contributed by atoms with E-state index in [-0.39, 0.29) is 4.90 Å². The molecule has 0 saturated heterocycles. The lowest BCUT2D eigenvalue weighted by molar-refractivity contribution is 0.585. The van der Waals surface area contributed by atoms with E-state index in [2.05, 4.69) is 4.98 Å². The van der Waals surface area contributed by atoms with Crippen molar-refractivity contribution < 1.29 is 8.42 Å². The first-order chi connectivity index (χ1) is 11.5. The number of benzene rings is 1. The van der Waals surface area contributed by atoms with Crippen molar-refractivity contribution in [2.24, 2.45) is 0 Å². The summed E-state index contributed by atoms with van der Waals surface area (Å²) >= 11 is 1.51. The predicted octanol–water partition coefficient (Wildman–Crippen LogP) is 2.88. The third-order valence-corrected chi connectivity index (χ3v) is 7.27. The summed E-state index contributed by atoms with van der Waals surface area (Å²) in [6.07, 6.45) is 5.04. The maximum atomic E-state index is 12.9. The first-order valence-corrected chi connectivity index (χ1v) is 10.1. The molecule has 5 nitrogen and oxygen atoms in total.